The molecule has 0 spiro atoms. The Morgan fingerprint density at radius 3 is 2.31 bits per heavy atom. The van der Waals surface area contributed by atoms with Gasteiger partial charge in [-0.15, -0.1) is 4.40 Å². The van der Waals surface area contributed by atoms with Crippen LogP contribution in [0.5, 0.6) is 5.75 Å². The number of methoxy groups -OCH3 is 1. The molecule has 1 unspecified atom stereocenters. The molecule has 0 aliphatic carbocycles. The van der Waals surface area contributed by atoms with Gasteiger partial charge < -0.3 is 10.1 Å². The van der Waals surface area contributed by atoms with E-state index in [9.17, 15) is 18.0 Å². The van der Waals surface area contributed by atoms with Gasteiger partial charge >= 0.3 is 0 Å². The lowest BCUT2D eigenvalue weighted by Crippen LogP contribution is -2.33. The lowest BCUT2D eigenvalue weighted by Gasteiger charge is -2.16. The molecule has 1 heterocycles. The number of carbonyl (C=O) groups is 2. The molecule has 36 heavy (non-hydrogen) atoms. The first kappa shape index (κ1) is 25.5. The Morgan fingerprint density at radius 2 is 1.69 bits per heavy atom. The zero-order valence-corrected chi connectivity index (χ0v) is 21.4. The number of thioether (sulfide) groups is 1. The molecule has 1 saturated heterocycles. The van der Waals surface area contributed by atoms with E-state index in [0.717, 1.165) is 23.7 Å². The van der Waals surface area contributed by atoms with Crippen LogP contribution in [0.25, 0.3) is 0 Å². The van der Waals surface area contributed by atoms with Crippen LogP contribution in [-0.4, -0.2) is 37.8 Å². The number of rotatable bonds is 8. The van der Waals surface area contributed by atoms with E-state index in [2.05, 4.69) is 9.71 Å². The van der Waals surface area contributed by atoms with Gasteiger partial charge in [-0.3, -0.25) is 14.5 Å². The Balaban J connectivity index is 1.59. The summed E-state index contributed by atoms with van der Waals surface area (Å²) in [5, 5.41) is 1.93. The molecule has 1 N–H and O–H groups in total. The third-order valence-electron chi connectivity index (χ3n) is 5.52. The van der Waals surface area contributed by atoms with Gasteiger partial charge in [0.15, 0.2) is 5.17 Å². The summed E-state index contributed by atoms with van der Waals surface area (Å²) < 4.78 is 35.3. The normalized spacial score (nSPS) is 16.8. The summed E-state index contributed by atoms with van der Waals surface area (Å²) in [6.45, 7) is 1.98. The molecule has 0 radical (unpaired) electrons. The maximum Gasteiger partial charge on any atom is 0.284 e. The molecule has 0 bridgehead atoms. The van der Waals surface area contributed by atoms with E-state index in [-0.39, 0.29) is 22.4 Å². The van der Waals surface area contributed by atoms with Gasteiger partial charge in [0.05, 0.1) is 17.7 Å². The number of anilines is 2. The molecular formula is C26H25N3O5S2. The van der Waals surface area contributed by atoms with E-state index in [1.54, 1.807) is 73.8 Å². The van der Waals surface area contributed by atoms with Crippen molar-refractivity contribution in [1.29, 1.82) is 0 Å². The fourth-order valence-corrected chi connectivity index (χ4v) is 5.92. The van der Waals surface area contributed by atoms with Gasteiger partial charge in [-0.1, -0.05) is 49.0 Å². The fourth-order valence-electron chi connectivity index (χ4n) is 3.58. The second-order valence-corrected chi connectivity index (χ2v) is 10.7. The molecule has 0 saturated carbocycles. The summed E-state index contributed by atoms with van der Waals surface area (Å²) >= 11 is 0.962. The molecule has 3 aromatic carbocycles. The predicted molar refractivity (Wildman–Crippen MR) is 142 cm³/mol. The van der Waals surface area contributed by atoms with Gasteiger partial charge in [0.1, 0.15) is 11.0 Å². The lowest BCUT2D eigenvalue weighted by molar-refractivity contribution is -0.121. The first-order chi connectivity index (χ1) is 17.3. The molecule has 3 aromatic rings. The first-order valence-electron chi connectivity index (χ1n) is 11.2. The Kier molecular flexibility index (Phi) is 7.76. The highest BCUT2D eigenvalue weighted by Gasteiger charge is 2.41. The van der Waals surface area contributed by atoms with Crippen molar-refractivity contribution < 1.29 is 22.7 Å². The lowest BCUT2D eigenvalue weighted by atomic mass is 10.2. The average Bonchev–Trinajstić information content (AvgIpc) is 3.18. The van der Waals surface area contributed by atoms with Crippen molar-refractivity contribution in [1.82, 2.24) is 0 Å². The minimum Gasteiger partial charge on any atom is -0.497 e. The monoisotopic (exact) mass is 523 g/mol. The summed E-state index contributed by atoms with van der Waals surface area (Å²) in [6.07, 6.45) is 0.629. The number of sulfonamides is 1. The number of aryl methyl sites for hydroxylation is 1. The van der Waals surface area contributed by atoms with Crippen molar-refractivity contribution in [2.75, 3.05) is 17.3 Å². The molecule has 4 rings (SSSR count). The topological polar surface area (TPSA) is 105 Å². The molecule has 1 aliphatic rings. The van der Waals surface area contributed by atoms with Crippen LogP contribution in [0.1, 0.15) is 18.9 Å². The van der Waals surface area contributed by atoms with Crippen LogP contribution in [0.3, 0.4) is 0 Å². The van der Waals surface area contributed by atoms with Gasteiger partial charge in [-0.25, -0.2) is 0 Å². The van der Waals surface area contributed by atoms with E-state index < -0.39 is 21.2 Å². The number of hydrogen-bond acceptors (Lipinski definition) is 6. The number of ether oxygens (including phenoxy) is 1. The van der Waals surface area contributed by atoms with Crippen molar-refractivity contribution in [3.63, 3.8) is 0 Å². The molecule has 1 aliphatic heterocycles. The highest BCUT2D eigenvalue weighted by Crippen LogP contribution is 2.35. The number of hydrogen-bond donors (Lipinski definition) is 1. The first-order valence-corrected chi connectivity index (χ1v) is 13.6. The number of nitrogens with one attached hydrogen (secondary N) is 1. The quantitative estimate of drug-likeness (QED) is 0.467. The number of amidine groups is 1. The molecule has 1 fully saturated rings. The van der Waals surface area contributed by atoms with Crippen LogP contribution in [0.2, 0.25) is 0 Å². The van der Waals surface area contributed by atoms with E-state index in [0.29, 0.717) is 17.1 Å². The number of carbonyl (C=O) groups excluding carboxylic acids is 2. The third kappa shape index (κ3) is 5.77. The number of nitrogens with zero attached hydrogens (tertiary/aromatic N) is 2. The van der Waals surface area contributed by atoms with Crippen molar-refractivity contribution in [3.8, 4) is 5.75 Å². The average molecular weight is 524 g/mol. The van der Waals surface area contributed by atoms with E-state index >= 15 is 0 Å². The highest BCUT2D eigenvalue weighted by molar-refractivity contribution is 8.16. The zero-order valence-electron chi connectivity index (χ0n) is 19.7. The van der Waals surface area contributed by atoms with Crippen LogP contribution < -0.4 is 15.0 Å². The standard InChI is InChI=1S/C26H25N3O5S2/c1-3-18-9-15-22(16-10-18)36(32,33)28-26-29(20-7-5-4-6-8-20)25(31)23(35-26)17-24(30)27-19-11-13-21(34-2)14-12-19/h4-16,23H,3,17H2,1-2H3,(H,27,30)/b28-26+. The number of amides is 2. The number of benzene rings is 3. The van der Waals surface area contributed by atoms with Crippen molar-refractivity contribution in [2.45, 2.75) is 29.9 Å². The fraction of sp³-hybridized carbons (Fsp3) is 0.192. The van der Waals surface area contributed by atoms with E-state index in [1.165, 1.54) is 17.0 Å². The van der Waals surface area contributed by atoms with Crippen molar-refractivity contribution in [2.24, 2.45) is 4.40 Å². The van der Waals surface area contributed by atoms with Crippen LogP contribution >= 0.6 is 11.8 Å². The summed E-state index contributed by atoms with van der Waals surface area (Å²) in [6, 6.07) is 22.0. The minimum absolute atomic E-state index is 0.00742. The second-order valence-electron chi connectivity index (χ2n) is 7.94. The Morgan fingerprint density at radius 1 is 1.03 bits per heavy atom. The molecule has 186 valence electrons. The van der Waals surface area contributed by atoms with E-state index in [1.807, 2.05) is 6.92 Å². The summed E-state index contributed by atoms with van der Waals surface area (Å²) in [7, 11) is -2.53. The summed E-state index contributed by atoms with van der Waals surface area (Å²) in [4.78, 5) is 27.3. The maximum atomic E-state index is 13.3. The van der Waals surface area contributed by atoms with Crippen LogP contribution in [0, 0.1) is 0 Å². The molecule has 1 atom stereocenters. The minimum atomic E-state index is -4.08. The largest absolute Gasteiger partial charge is 0.497 e. The Bertz CT molecular complexity index is 1370. The molecule has 10 heteroatoms. The van der Waals surface area contributed by atoms with Gasteiger partial charge in [-0.05, 0) is 60.5 Å². The van der Waals surface area contributed by atoms with Gasteiger partial charge in [0.2, 0.25) is 11.8 Å². The Labute approximate surface area is 214 Å². The second kappa shape index (κ2) is 11.0. The third-order valence-corrected chi connectivity index (χ3v) is 8.06. The van der Waals surface area contributed by atoms with Gasteiger partial charge in [-0.2, -0.15) is 8.42 Å². The van der Waals surface area contributed by atoms with Crippen molar-refractivity contribution >= 4 is 50.1 Å². The smallest absolute Gasteiger partial charge is 0.284 e. The molecular weight excluding hydrogens is 498 g/mol. The predicted octanol–water partition coefficient (Wildman–Crippen LogP) is 4.48. The molecule has 0 aromatic heterocycles. The van der Waals surface area contributed by atoms with Gasteiger partial charge in [0, 0.05) is 12.1 Å². The van der Waals surface area contributed by atoms with Gasteiger partial charge in [0.25, 0.3) is 10.0 Å². The summed E-state index contributed by atoms with van der Waals surface area (Å²) in [5.74, 6) is -0.135. The van der Waals surface area contributed by atoms with Crippen molar-refractivity contribution in [3.05, 3.63) is 84.4 Å². The molecule has 2 amide bonds. The van der Waals surface area contributed by atoms with Crippen LogP contribution in [0.15, 0.2) is 88.2 Å². The number of para-hydroxylation sites is 1. The van der Waals surface area contributed by atoms with Crippen LogP contribution in [-0.2, 0) is 26.0 Å². The zero-order chi connectivity index (χ0) is 25.7. The SMILES string of the molecule is CCc1ccc(S(=O)(=O)/N=C2/SC(CC(=O)Nc3ccc(OC)cc3)C(=O)N2c2ccccc2)cc1. The Hall–Kier alpha value is -3.63. The highest BCUT2D eigenvalue weighted by atomic mass is 32.2. The maximum absolute atomic E-state index is 13.3. The summed E-state index contributed by atoms with van der Waals surface area (Å²) in [5.41, 5.74) is 2.03. The van der Waals surface area contributed by atoms with Crippen LogP contribution in [0.4, 0.5) is 11.4 Å². The molecule has 8 nitrogen and oxygen atoms in total. The van der Waals surface area contributed by atoms with E-state index in [4.69, 9.17) is 4.74 Å².